The lowest BCUT2D eigenvalue weighted by Gasteiger charge is -2.11. The summed E-state index contributed by atoms with van der Waals surface area (Å²) in [6, 6.07) is 7.11. The molecule has 0 heterocycles. The topological polar surface area (TPSA) is 73.6 Å². The van der Waals surface area contributed by atoms with Gasteiger partial charge in [-0.3, -0.25) is 4.79 Å². The fourth-order valence-corrected chi connectivity index (χ4v) is 1.36. The zero-order chi connectivity index (χ0) is 13.4. The van der Waals surface area contributed by atoms with Crippen molar-refractivity contribution in [2.45, 2.75) is 13.0 Å². The van der Waals surface area contributed by atoms with Crippen LogP contribution in [0.2, 0.25) is 0 Å². The number of halogens is 1. The van der Waals surface area contributed by atoms with Gasteiger partial charge in [0, 0.05) is 7.11 Å². The van der Waals surface area contributed by atoms with E-state index in [-0.39, 0.29) is 24.9 Å². The standard InChI is InChI=1S/C13H20N2O3.ClH/c1-10-3-5-11(6-4-10)18-8-7-15-13(16)12(14)9-17-2;/h3-6,12H,7-9,14H2,1-2H3,(H,15,16);1H. The van der Waals surface area contributed by atoms with E-state index in [9.17, 15) is 4.79 Å². The Morgan fingerprint density at radius 3 is 2.58 bits per heavy atom. The van der Waals surface area contributed by atoms with Crippen LogP contribution in [0.4, 0.5) is 0 Å². The second-order valence-electron chi connectivity index (χ2n) is 4.01. The van der Waals surface area contributed by atoms with Gasteiger partial charge in [-0.05, 0) is 19.1 Å². The Balaban J connectivity index is 0.00000324. The SMILES string of the molecule is COCC(N)C(=O)NCCOc1ccc(C)cc1.Cl. The molecule has 1 amide bonds. The van der Waals surface area contributed by atoms with Crippen LogP contribution in [0.25, 0.3) is 0 Å². The van der Waals surface area contributed by atoms with Gasteiger partial charge in [0.05, 0.1) is 13.2 Å². The Labute approximate surface area is 119 Å². The first-order valence-corrected chi connectivity index (χ1v) is 5.85. The summed E-state index contributed by atoms with van der Waals surface area (Å²) in [5, 5.41) is 2.68. The smallest absolute Gasteiger partial charge is 0.239 e. The first-order chi connectivity index (χ1) is 8.63. The number of aryl methyl sites for hydroxylation is 1. The zero-order valence-corrected chi connectivity index (χ0v) is 12.0. The van der Waals surface area contributed by atoms with Crippen LogP contribution in [0.1, 0.15) is 5.56 Å². The molecule has 0 aliphatic heterocycles. The number of nitrogens with two attached hydrogens (primary N) is 1. The Morgan fingerprint density at radius 1 is 1.37 bits per heavy atom. The molecule has 6 heteroatoms. The van der Waals surface area contributed by atoms with Gasteiger partial charge in [-0.2, -0.15) is 0 Å². The molecule has 19 heavy (non-hydrogen) atoms. The predicted octanol–water partition coefficient (Wildman–Crippen LogP) is 0.886. The zero-order valence-electron chi connectivity index (χ0n) is 11.2. The minimum Gasteiger partial charge on any atom is -0.492 e. The van der Waals surface area contributed by atoms with E-state index in [2.05, 4.69) is 5.32 Å². The number of carbonyl (C=O) groups excluding carboxylic acids is 1. The van der Waals surface area contributed by atoms with Crippen LogP contribution in [-0.2, 0) is 9.53 Å². The molecule has 1 atom stereocenters. The molecule has 0 fully saturated rings. The van der Waals surface area contributed by atoms with Crippen LogP contribution in [0, 0.1) is 6.92 Å². The molecule has 0 radical (unpaired) electrons. The van der Waals surface area contributed by atoms with E-state index in [0.29, 0.717) is 13.2 Å². The van der Waals surface area contributed by atoms with Crippen LogP contribution in [0.5, 0.6) is 5.75 Å². The Bertz CT molecular complexity index is 371. The summed E-state index contributed by atoms with van der Waals surface area (Å²) in [6.07, 6.45) is 0. The molecule has 1 unspecified atom stereocenters. The summed E-state index contributed by atoms with van der Waals surface area (Å²) in [5.41, 5.74) is 6.74. The lowest BCUT2D eigenvalue weighted by molar-refractivity contribution is -0.123. The third-order valence-electron chi connectivity index (χ3n) is 2.37. The van der Waals surface area contributed by atoms with Crippen molar-refractivity contribution >= 4 is 18.3 Å². The number of nitrogens with one attached hydrogen (secondary N) is 1. The van der Waals surface area contributed by atoms with Crippen LogP contribution >= 0.6 is 12.4 Å². The number of ether oxygens (including phenoxy) is 2. The Kier molecular flexibility index (Phi) is 8.95. The summed E-state index contributed by atoms with van der Waals surface area (Å²) in [6.45, 7) is 3.06. The monoisotopic (exact) mass is 288 g/mol. The molecule has 1 aromatic rings. The minimum atomic E-state index is -0.630. The van der Waals surface area contributed by atoms with Gasteiger partial charge in [0.2, 0.25) is 5.91 Å². The average Bonchev–Trinajstić information content (AvgIpc) is 2.36. The van der Waals surface area contributed by atoms with Crippen molar-refractivity contribution in [3.05, 3.63) is 29.8 Å². The lowest BCUT2D eigenvalue weighted by Crippen LogP contribution is -2.44. The Hall–Kier alpha value is -1.30. The third-order valence-corrected chi connectivity index (χ3v) is 2.37. The maximum absolute atomic E-state index is 11.4. The molecular formula is C13H21ClN2O3. The molecule has 3 N–H and O–H groups in total. The van der Waals surface area contributed by atoms with E-state index in [1.807, 2.05) is 31.2 Å². The van der Waals surface area contributed by atoms with Gasteiger partial charge in [-0.15, -0.1) is 12.4 Å². The molecular weight excluding hydrogens is 268 g/mol. The lowest BCUT2D eigenvalue weighted by atomic mass is 10.2. The van der Waals surface area contributed by atoms with Gasteiger partial charge in [0.25, 0.3) is 0 Å². The van der Waals surface area contributed by atoms with Gasteiger partial charge in [-0.25, -0.2) is 0 Å². The predicted molar refractivity (Wildman–Crippen MR) is 76.8 cm³/mol. The number of hydrogen-bond acceptors (Lipinski definition) is 4. The van der Waals surface area contributed by atoms with Gasteiger partial charge in [0.15, 0.2) is 0 Å². The normalized spacial score (nSPS) is 11.3. The molecule has 5 nitrogen and oxygen atoms in total. The second-order valence-corrected chi connectivity index (χ2v) is 4.01. The molecule has 0 spiro atoms. The summed E-state index contributed by atoms with van der Waals surface area (Å²) in [5.74, 6) is 0.556. The van der Waals surface area contributed by atoms with E-state index >= 15 is 0 Å². The molecule has 1 aromatic carbocycles. The van der Waals surface area contributed by atoms with Gasteiger partial charge >= 0.3 is 0 Å². The maximum Gasteiger partial charge on any atom is 0.239 e. The largest absolute Gasteiger partial charge is 0.492 e. The summed E-state index contributed by atoms with van der Waals surface area (Å²) < 4.78 is 10.3. The van der Waals surface area contributed by atoms with Crippen molar-refractivity contribution in [1.29, 1.82) is 0 Å². The van der Waals surface area contributed by atoms with E-state index in [1.165, 1.54) is 12.7 Å². The third kappa shape index (κ3) is 7.00. The number of methoxy groups -OCH3 is 1. The highest BCUT2D eigenvalue weighted by Crippen LogP contribution is 2.10. The Morgan fingerprint density at radius 2 is 2.00 bits per heavy atom. The molecule has 0 aliphatic carbocycles. The second kappa shape index (κ2) is 9.61. The molecule has 0 bridgehead atoms. The van der Waals surface area contributed by atoms with Crippen molar-refractivity contribution < 1.29 is 14.3 Å². The minimum absolute atomic E-state index is 0. The highest BCUT2D eigenvalue weighted by molar-refractivity contribution is 5.85. The van der Waals surface area contributed by atoms with Gasteiger partial charge in [-0.1, -0.05) is 17.7 Å². The molecule has 1 rings (SSSR count). The number of rotatable bonds is 7. The van der Waals surface area contributed by atoms with Gasteiger partial charge < -0.3 is 20.5 Å². The molecule has 0 aromatic heterocycles. The van der Waals surface area contributed by atoms with Crippen molar-refractivity contribution in [3.63, 3.8) is 0 Å². The van der Waals surface area contributed by atoms with E-state index in [1.54, 1.807) is 0 Å². The molecule has 0 saturated heterocycles. The average molecular weight is 289 g/mol. The van der Waals surface area contributed by atoms with Crippen LogP contribution in [0.3, 0.4) is 0 Å². The van der Waals surface area contributed by atoms with Crippen LogP contribution in [0.15, 0.2) is 24.3 Å². The van der Waals surface area contributed by atoms with Crippen molar-refractivity contribution in [1.82, 2.24) is 5.32 Å². The number of carbonyl (C=O) groups is 1. The first kappa shape index (κ1) is 17.7. The fourth-order valence-electron chi connectivity index (χ4n) is 1.36. The molecule has 0 aliphatic rings. The van der Waals surface area contributed by atoms with Crippen LogP contribution in [-0.4, -0.2) is 38.8 Å². The molecule has 0 saturated carbocycles. The molecule has 108 valence electrons. The summed E-state index contributed by atoms with van der Waals surface area (Å²) >= 11 is 0. The van der Waals surface area contributed by atoms with E-state index < -0.39 is 6.04 Å². The fraction of sp³-hybridized carbons (Fsp3) is 0.462. The summed E-state index contributed by atoms with van der Waals surface area (Å²) in [7, 11) is 1.51. The van der Waals surface area contributed by atoms with E-state index in [4.69, 9.17) is 15.2 Å². The first-order valence-electron chi connectivity index (χ1n) is 5.85. The number of benzene rings is 1. The van der Waals surface area contributed by atoms with Crippen molar-refractivity contribution in [3.8, 4) is 5.75 Å². The number of hydrogen-bond donors (Lipinski definition) is 2. The maximum atomic E-state index is 11.4. The summed E-state index contributed by atoms with van der Waals surface area (Å²) in [4.78, 5) is 11.4. The van der Waals surface area contributed by atoms with Crippen molar-refractivity contribution in [2.75, 3.05) is 26.9 Å². The van der Waals surface area contributed by atoms with Gasteiger partial charge in [0.1, 0.15) is 18.4 Å². The quantitative estimate of drug-likeness (QED) is 0.731. The highest BCUT2D eigenvalue weighted by atomic mass is 35.5. The van der Waals surface area contributed by atoms with E-state index in [0.717, 1.165) is 5.75 Å². The van der Waals surface area contributed by atoms with Crippen molar-refractivity contribution in [2.24, 2.45) is 5.73 Å². The van der Waals surface area contributed by atoms with Crippen LogP contribution < -0.4 is 15.8 Å². The highest BCUT2D eigenvalue weighted by Gasteiger charge is 2.11. The number of amides is 1.